The molecule has 2 amide bonds. The predicted molar refractivity (Wildman–Crippen MR) is 114 cm³/mol. The van der Waals surface area contributed by atoms with E-state index in [1.165, 1.54) is 23.1 Å². The molecule has 0 bridgehead atoms. The number of rotatable bonds is 6. The van der Waals surface area contributed by atoms with Crippen molar-refractivity contribution >= 4 is 45.7 Å². The maximum Gasteiger partial charge on any atom is 0.257 e. The van der Waals surface area contributed by atoms with Crippen molar-refractivity contribution in [2.75, 3.05) is 16.4 Å². The summed E-state index contributed by atoms with van der Waals surface area (Å²) in [6.45, 7) is 5.94. The van der Waals surface area contributed by atoms with Gasteiger partial charge in [-0.05, 0) is 44.5 Å². The number of nitrogens with one attached hydrogen (secondary N) is 2. The maximum atomic E-state index is 12.2. The largest absolute Gasteiger partial charge is 0.325 e. The number of anilines is 2. The summed E-state index contributed by atoms with van der Waals surface area (Å²) < 4.78 is 0.620. The number of thioether (sulfide) groups is 1. The zero-order chi connectivity index (χ0) is 20.1. The van der Waals surface area contributed by atoms with Crippen LogP contribution in [0.3, 0.4) is 0 Å². The van der Waals surface area contributed by atoms with E-state index in [2.05, 4.69) is 20.8 Å². The van der Waals surface area contributed by atoms with Crippen LogP contribution in [-0.2, 0) is 4.79 Å². The second-order valence-electron chi connectivity index (χ2n) is 6.35. The summed E-state index contributed by atoms with van der Waals surface area (Å²) in [6.07, 6.45) is 0. The molecule has 3 aromatic rings. The number of hydrogen-bond acceptors (Lipinski definition) is 6. The second kappa shape index (κ2) is 8.99. The SMILES string of the molecule is Cc1ccc(C(=O)Nc2nnc(SCC(=O)Nc3ccc(C)cc3C)s2)cc1. The molecule has 0 unspecified atom stereocenters. The van der Waals surface area contributed by atoms with Gasteiger partial charge in [-0.2, -0.15) is 0 Å². The number of hydrogen-bond donors (Lipinski definition) is 2. The number of benzene rings is 2. The lowest BCUT2D eigenvalue weighted by Crippen LogP contribution is -2.14. The standard InChI is InChI=1S/C20H20N4O2S2/c1-12-4-7-15(8-5-12)18(26)22-19-23-24-20(28-19)27-11-17(25)21-16-9-6-13(2)10-14(16)3/h4-10H,11H2,1-3H3,(H,21,25)(H,22,23,26). The Bertz CT molecular complexity index is 1000. The van der Waals surface area contributed by atoms with E-state index < -0.39 is 0 Å². The molecule has 0 atom stereocenters. The minimum atomic E-state index is -0.236. The first-order valence-corrected chi connectivity index (χ1v) is 10.4. The highest BCUT2D eigenvalue weighted by Gasteiger charge is 2.12. The average Bonchev–Trinajstić information content (AvgIpc) is 3.10. The van der Waals surface area contributed by atoms with E-state index >= 15 is 0 Å². The first kappa shape index (κ1) is 20.0. The quantitative estimate of drug-likeness (QED) is 0.462. The number of carbonyl (C=O) groups excluding carboxylic acids is 2. The van der Waals surface area contributed by atoms with Crippen LogP contribution in [0.5, 0.6) is 0 Å². The second-order valence-corrected chi connectivity index (χ2v) is 8.55. The molecule has 1 aromatic heterocycles. The molecule has 28 heavy (non-hydrogen) atoms. The third kappa shape index (κ3) is 5.40. The van der Waals surface area contributed by atoms with Gasteiger partial charge in [0.1, 0.15) is 0 Å². The third-order valence-corrected chi connectivity index (χ3v) is 5.90. The average molecular weight is 413 g/mol. The molecule has 2 N–H and O–H groups in total. The van der Waals surface area contributed by atoms with Gasteiger partial charge < -0.3 is 5.32 Å². The maximum absolute atomic E-state index is 12.2. The van der Waals surface area contributed by atoms with Crippen LogP contribution in [0.1, 0.15) is 27.0 Å². The van der Waals surface area contributed by atoms with Crippen molar-refractivity contribution in [2.24, 2.45) is 0 Å². The molecule has 0 fully saturated rings. The molecule has 144 valence electrons. The van der Waals surface area contributed by atoms with Crippen LogP contribution in [-0.4, -0.2) is 27.8 Å². The first-order chi connectivity index (χ1) is 13.4. The van der Waals surface area contributed by atoms with E-state index in [1.54, 1.807) is 12.1 Å². The predicted octanol–water partition coefficient (Wildman–Crippen LogP) is 4.45. The molecule has 6 nitrogen and oxygen atoms in total. The zero-order valence-electron chi connectivity index (χ0n) is 15.8. The van der Waals surface area contributed by atoms with E-state index in [-0.39, 0.29) is 17.6 Å². The minimum absolute atomic E-state index is 0.114. The summed E-state index contributed by atoms with van der Waals surface area (Å²) in [6, 6.07) is 13.2. The molecule has 1 heterocycles. The highest BCUT2D eigenvalue weighted by molar-refractivity contribution is 8.01. The van der Waals surface area contributed by atoms with Gasteiger partial charge in [-0.25, -0.2) is 0 Å². The number of nitrogens with zero attached hydrogens (tertiary/aromatic N) is 2. The van der Waals surface area contributed by atoms with Gasteiger partial charge in [-0.15, -0.1) is 10.2 Å². The number of amides is 2. The third-order valence-electron chi connectivity index (χ3n) is 3.92. The van der Waals surface area contributed by atoms with E-state index in [4.69, 9.17) is 0 Å². The van der Waals surface area contributed by atoms with Crippen LogP contribution in [0.2, 0.25) is 0 Å². The molecular formula is C20H20N4O2S2. The normalized spacial score (nSPS) is 10.5. The van der Waals surface area contributed by atoms with Gasteiger partial charge in [-0.1, -0.05) is 58.5 Å². The number of aromatic nitrogens is 2. The molecule has 0 aliphatic rings. The topological polar surface area (TPSA) is 84.0 Å². The number of aryl methyl sites for hydroxylation is 3. The molecule has 0 saturated heterocycles. The molecule has 2 aromatic carbocycles. The Labute approximate surface area is 171 Å². The zero-order valence-corrected chi connectivity index (χ0v) is 17.4. The summed E-state index contributed by atoms with van der Waals surface area (Å²) in [5.41, 5.74) is 4.63. The lowest BCUT2D eigenvalue weighted by Gasteiger charge is -2.08. The highest BCUT2D eigenvalue weighted by atomic mass is 32.2. The van der Waals surface area contributed by atoms with Crippen molar-refractivity contribution in [3.05, 3.63) is 64.7 Å². The van der Waals surface area contributed by atoms with E-state index in [9.17, 15) is 9.59 Å². The monoisotopic (exact) mass is 412 g/mol. The van der Waals surface area contributed by atoms with Crippen molar-refractivity contribution in [2.45, 2.75) is 25.1 Å². The van der Waals surface area contributed by atoms with Crippen LogP contribution in [0.4, 0.5) is 10.8 Å². The van der Waals surface area contributed by atoms with Gasteiger partial charge in [0.05, 0.1) is 5.75 Å². The highest BCUT2D eigenvalue weighted by Crippen LogP contribution is 2.26. The van der Waals surface area contributed by atoms with Crippen molar-refractivity contribution in [1.82, 2.24) is 10.2 Å². The fourth-order valence-electron chi connectivity index (χ4n) is 2.46. The fourth-order valence-corrected chi connectivity index (χ4v) is 4.01. The Morgan fingerprint density at radius 3 is 2.39 bits per heavy atom. The van der Waals surface area contributed by atoms with Gasteiger partial charge in [0, 0.05) is 11.3 Å². The first-order valence-electron chi connectivity index (χ1n) is 8.62. The van der Waals surface area contributed by atoms with E-state index in [1.807, 2.05) is 51.1 Å². The van der Waals surface area contributed by atoms with Gasteiger partial charge in [-0.3, -0.25) is 14.9 Å². The van der Waals surface area contributed by atoms with E-state index in [0.717, 1.165) is 22.4 Å². The van der Waals surface area contributed by atoms with Crippen LogP contribution in [0, 0.1) is 20.8 Å². The van der Waals surface area contributed by atoms with Gasteiger partial charge >= 0.3 is 0 Å². The Hall–Kier alpha value is -2.71. The summed E-state index contributed by atoms with van der Waals surface area (Å²) in [4.78, 5) is 24.4. The Morgan fingerprint density at radius 2 is 1.68 bits per heavy atom. The molecule has 0 radical (unpaired) electrons. The summed E-state index contributed by atoms with van der Waals surface area (Å²) in [5, 5.41) is 14.0. The van der Waals surface area contributed by atoms with Crippen molar-refractivity contribution < 1.29 is 9.59 Å². The Morgan fingerprint density at radius 1 is 0.964 bits per heavy atom. The molecule has 0 aliphatic carbocycles. The summed E-state index contributed by atoms with van der Waals surface area (Å²) in [5.74, 6) is -0.133. The number of carbonyl (C=O) groups is 2. The summed E-state index contributed by atoms with van der Waals surface area (Å²) in [7, 11) is 0. The van der Waals surface area contributed by atoms with Crippen molar-refractivity contribution in [1.29, 1.82) is 0 Å². The lowest BCUT2D eigenvalue weighted by atomic mass is 10.1. The van der Waals surface area contributed by atoms with Gasteiger partial charge in [0.25, 0.3) is 5.91 Å². The molecule has 0 spiro atoms. The van der Waals surface area contributed by atoms with Crippen molar-refractivity contribution in [3.8, 4) is 0 Å². The Kier molecular flexibility index (Phi) is 6.43. The molecule has 0 saturated carbocycles. The molecule has 0 aliphatic heterocycles. The van der Waals surface area contributed by atoms with E-state index in [0.29, 0.717) is 15.0 Å². The lowest BCUT2D eigenvalue weighted by molar-refractivity contribution is -0.113. The molecule has 3 rings (SSSR count). The van der Waals surface area contributed by atoms with Gasteiger partial charge in [0.2, 0.25) is 11.0 Å². The fraction of sp³-hybridized carbons (Fsp3) is 0.200. The van der Waals surface area contributed by atoms with Gasteiger partial charge in [0.15, 0.2) is 4.34 Å². The minimum Gasteiger partial charge on any atom is -0.325 e. The molecular weight excluding hydrogens is 392 g/mol. The smallest absolute Gasteiger partial charge is 0.257 e. The van der Waals surface area contributed by atoms with Crippen LogP contribution in [0.25, 0.3) is 0 Å². The Balaban J connectivity index is 1.52. The van der Waals surface area contributed by atoms with Crippen LogP contribution >= 0.6 is 23.1 Å². The summed E-state index contributed by atoms with van der Waals surface area (Å²) >= 11 is 2.53. The van der Waals surface area contributed by atoms with Crippen molar-refractivity contribution in [3.63, 3.8) is 0 Å². The molecule has 8 heteroatoms. The van der Waals surface area contributed by atoms with Crippen LogP contribution in [0.15, 0.2) is 46.8 Å². The van der Waals surface area contributed by atoms with Crippen LogP contribution < -0.4 is 10.6 Å².